The molecule has 1 aliphatic heterocycles. The van der Waals surface area contributed by atoms with Gasteiger partial charge in [0.1, 0.15) is 11.3 Å². The number of carbonyl (C=O) groups excluding carboxylic acids is 2. The van der Waals surface area contributed by atoms with E-state index in [0.717, 1.165) is 38.2 Å². The summed E-state index contributed by atoms with van der Waals surface area (Å²) in [5.41, 5.74) is 2.13. The fraction of sp³-hybridized carbons (Fsp3) is 0.538. The molecule has 7 heteroatoms. The van der Waals surface area contributed by atoms with Gasteiger partial charge in [0.15, 0.2) is 0 Å². The summed E-state index contributed by atoms with van der Waals surface area (Å²) in [6, 6.07) is 12.0. The molecule has 2 amide bonds. The lowest BCUT2D eigenvalue weighted by atomic mass is 10.0. The average molecular weight is 455 g/mol. The third-order valence-electron chi connectivity index (χ3n) is 6.01. The second kappa shape index (κ2) is 10.9. The third-order valence-corrected chi connectivity index (χ3v) is 6.01. The maximum Gasteiger partial charge on any atom is 0.410 e. The van der Waals surface area contributed by atoms with Gasteiger partial charge in [-0.3, -0.25) is 9.69 Å². The molecule has 1 N–H and O–H groups in total. The number of nitrogens with one attached hydrogen (secondary N) is 1. The van der Waals surface area contributed by atoms with Crippen LogP contribution in [0.5, 0.6) is 0 Å². The molecule has 2 aromatic rings. The van der Waals surface area contributed by atoms with Crippen LogP contribution >= 0.6 is 0 Å². The maximum absolute atomic E-state index is 13.1. The minimum absolute atomic E-state index is 0.116. The quantitative estimate of drug-likeness (QED) is 0.628. The van der Waals surface area contributed by atoms with Crippen molar-refractivity contribution in [3.05, 3.63) is 53.9 Å². The van der Waals surface area contributed by atoms with E-state index in [4.69, 9.17) is 4.74 Å². The number of nitrogens with zero attached hydrogens (tertiary/aromatic N) is 3. The number of piperidine rings is 1. The van der Waals surface area contributed by atoms with Crippen molar-refractivity contribution in [1.82, 2.24) is 14.4 Å². The Morgan fingerprint density at radius 1 is 1.09 bits per heavy atom. The van der Waals surface area contributed by atoms with Crippen LogP contribution in [-0.2, 0) is 11.3 Å². The average Bonchev–Trinajstić information content (AvgIpc) is 3.27. The number of anilines is 1. The highest BCUT2D eigenvalue weighted by Crippen LogP contribution is 2.26. The fourth-order valence-corrected chi connectivity index (χ4v) is 4.21. The summed E-state index contributed by atoms with van der Waals surface area (Å²) in [4.78, 5) is 29.5. The first-order chi connectivity index (χ1) is 15.7. The molecule has 180 valence electrons. The summed E-state index contributed by atoms with van der Waals surface area (Å²) >= 11 is 0. The molecule has 1 aromatic carbocycles. The highest BCUT2D eigenvalue weighted by Gasteiger charge is 2.28. The highest BCUT2D eigenvalue weighted by molar-refractivity contribution is 6.03. The van der Waals surface area contributed by atoms with Crippen molar-refractivity contribution >= 4 is 17.7 Å². The van der Waals surface area contributed by atoms with Crippen molar-refractivity contribution in [2.24, 2.45) is 0 Å². The Morgan fingerprint density at radius 3 is 2.42 bits per heavy atom. The van der Waals surface area contributed by atoms with Gasteiger partial charge in [0.25, 0.3) is 5.91 Å². The first-order valence-corrected chi connectivity index (χ1v) is 12.0. The summed E-state index contributed by atoms with van der Waals surface area (Å²) < 4.78 is 7.54. The monoisotopic (exact) mass is 454 g/mol. The van der Waals surface area contributed by atoms with Crippen LogP contribution in [0.3, 0.4) is 0 Å². The van der Waals surface area contributed by atoms with Crippen molar-refractivity contribution in [1.29, 1.82) is 0 Å². The molecule has 0 unspecified atom stereocenters. The topological polar surface area (TPSA) is 66.8 Å². The van der Waals surface area contributed by atoms with Gasteiger partial charge in [-0.2, -0.15) is 0 Å². The fourth-order valence-electron chi connectivity index (χ4n) is 4.21. The minimum Gasteiger partial charge on any atom is -0.444 e. The zero-order valence-corrected chi connectivity index (χ0v) is 20.6. The number of hydrogen-bond acceptors (Lipinski definition) is 4. The molecule has 1 fully saturated rings. The summed E-state index contributed by atoms with van der Waals surface area (Å²) in [5.74, 6) is -0.116. The first kappa shape index (κ1) is 24.8. The zero-order chi connectivity index (χ0) is 24.0. The number of rotatable bonds is 7. The lowest BCUT2D eigenvalue weighted by Crippen LogP contribution is -2.42. The molecular formula is C26H38N4O3. The molecule has 2 heterocycles. The van der Waals surface area contributed by atoms with Crippen molar-refractivity contribution in [3.63, 3.8) is 0 Å². The normalized spacial score (nSPS) is 15.0. The molecule has 1 aliphatic rings. The summed E-state index contributed by atoms with van der Waals surface area (Å²) in [6.07, 6.45) is 3.26. The largest absolute Gasteiger partial charge is 0.444 e. The van der Waals surface area contributed by atoms with Gasteiger partial charge >= 0.3 is 6.09 Å². The molecule has 0 saturated carbocycles. The second-order valence-corrected chi connectivity index (χ2v) is 9.62. The van der Waals surface area contributed by atoms with Gasteiger partial charge in [0.2, 0.25) is 0 Å². The molecule has 0 bridgehead atoms. The van der Waals surface area contributed by atoms with Crippen LogP contribution in [0.4, 0.5) is 10.5 Å². The summed E-state index contributed by atoms with van der Waals surface area (Å²) in [5, 5.41) is 3.06. The van der Waals surface area contributed by atoms with Crippen molar-refractivity contribution in [3.8, 4) is 0 Å². The van der Waals surface area contributed by atoms with Crippen LogP contribution in [-0.4, -0.2) is 58.1 Å². The van der Waals surface area contributed by atoms with Gasteiger partial charge in [-0.15, -0.1) is 0 Å². The van der Waals surface area contributed by atoms with Crippen LogP contribution in [0.25, 0.3) is 0 Å². The number of carbonyl (C=O) groups is 2. The molecular weight excluding hydrogens is 416 g/mol. The second-order valence-electron chi connectivity index (χ2n) is 9.62. The lowest BCUT2D eigenvalue weighted by Gasteiger charge is -2.34. The Hall–Kier alpha value is -2.80. The van der Waals surface area contributed by atoms with E-state index in [2.05, 4.69) is 30.1 Å². The Morgan fingerprint density at radius 2 is 1.79 bits per heavy atom. The van der Waals surface area contributed by atoms with E-state index >= 15 is 0 Å². The molecule has 1 aromatic heterocycles. The first-order valence-electron chi connectivity index (χ1n) is 12.0. The number of amides is 2. The van der Waals surface area contributed by atoms with Gasteiger partial charge in [-0.25, -0.2) is 4.79 Å². The van der Waals surface area contributed by atoms with E-state index in [1.54, 1.807) is 4.90 Å². The lowest BCUT2D eigenvalue weighted by molar-refractivity contribution is 0.0187. The van der Waals surface area contributed by atoms with Crippen molar-refractivity contribution in [2.45, 2.75) is 65.6 Å². The Kier molecular flexibility index (Phi) is 8.19. The molecule has 0 radical (unpaired) electrons. The molecule has 1 saturated heterocycles. The number of likely N-dealkylation sites (tertiary alicyclic amines) is 1. The van der Waals surface area contributed by atoms with Gasteiger partial charge in [0.05, 0.1) is 0 Å². The summed E-state index contributed by atoms with van der Waals surface area (Å²) in [7, 11) is 0. The number of hydrogen-bond donors (Lipinski definition) is 1. The van der Waals surface area contributed by atoms with Crippen molar-refractivity contribution < 1.29 is 14.3 Å². The van der Waals surface area contributed by atoms with Gasteiger partial charge in [0, 0.05) is 37.6 Å². The van der Waals surface area contributed by atoms with Crippen LogP contribution in [0, 0.1) is 0 Å². The predicted octanol–water partition coefficient (Wildman–Crippen LogP) is 5.15. The Bertz CT molecular complexity index is 935. The van der Waals surface area contributed by atoms with E-state index in [0.29, 0.717) is 18.8 Å². The number of ether oxygens (including phenoxy) is 1. The maximum atomic E-state index is 13.1. The van der Waals surface area contributed by atoms with Gasteiger partial charge < -0.3 is 19.5 Å². The van der Waals surface area contributed by atoms with E-state index < -0.39 is 5.60 Å². The van der Waals surface area contributed by atoms with E-state index in [-0.39, 0.29) is 18.0 Å². The Labute approximate surface area is 197 Å². The van der Waals surface area contributed by atoms with Crippen LogP contribution in [0.1, 0.15) is 69.6 Å². The van der Waals surface area contributed by atoms with E-state index in [9.17, 15) is 9.59 Å². The molecule has 3 rings (SSSR count). The SMILES string of the molecule is CCN(CC)Cc1cccc(NC(=O)c2cccn2C2CCN(C(=O)OC(C)(C)C)CC2)c1. The van der Waals surface area contributed by atoms with E-state index in [1.165, 1.54) is 5.56 Å². The van der Waals surface area contributed by atoms with Crippen LogP contribution in [0.15, 0.2) is 42.6 Å². The molecule has 0 spiro atoms. The molecule has 0 atom stereocenters. The zero-order valence-electron chi connectivity index (χ0n) is 20.6. The number of aromatic nitrogens is 1. The highest BCUT2D eigenvalue weighted by atomic mass is 16.6. The number of benzene rings is 1. The van der Waals surface area contributed by atoms with Crippen LogP contribution < -0.4 is 5.32 Å². The molecule has 33 heavy (non-hydrogen) atoms. The standard InChI is InChI=1S/C26H38N4O3/c1-6-28(7-2)19-20-10-8-11-21(18-20)27-24(31)23-12-9-15-30(23)22-13-16-29(17-14-22)25(32)33-26(3,4)5/h8-12,15,18,22H,6-7,13-14,16-17,19H2,1-5H3,(H,27,31). The smallest absolute Gasteiger partial charge is 0.410 e. The van der Waals surface area contributed by atoms with E-state index in [1.807, 2.05) is 61.9 Å². The van der Waals surface area contributed by atoms with Gasteiger partial charge in [-0.1, -0.05) is 26.0 Å². The van der Waals surface area contributed by atoms with Crippen molar-refractivity contribution in [2.75, 3.05) is 31.5 Å². The predicted molar refractivity (Wildman–Crippen MR) is 132 cm³/mol. The minimum atomic E-state index is -0.498. The Balaban J connectivity index is 1.62. The summed E-state index contributed by atoms with van der Waals surface area (Å²) in [6.45, 7) is 14.0. The molecule has 0 aliphatic carbocycles. The third kappa shape index (κ3) is 6.84. The van der Waals surface area contributed by atoms with Crippen LogP contribution in [0.2, 0.25) is 0 Å². The van der Waals surface area contributed by atoms with Gasteiger partial charge in [-0.05, 0) is 76.5 Å². The molecule has 7 nitrogen and oxygen atoms in total.